The lowest BCUT2D eigenvalue weighted by Crippen LogP contribution is -2.44. The number of hydrogen-bond donors (Lipinski definition) is 3. The van der Waals surface area contributed by atoms with Gasteiger partial charge in [0.05, 0.1) is 17.7 Å². The quantitative estimate of drug-likeness (QED) is 0.196. The molecule has 0 aliphatic carbocycles. The first-order valence-electron chi connectivity index (χ1n) is 13.8. The molecule has 2 amide bonds. The molecule has 0 bridgehead atoms. The summed E-state index contributed by atoms with van der Waals surface area (Å²) in [6.07, 6.45) is 0. The highest BCUT2D eigenvalue weighted by Gasteiger charge is 2.29. The van der Waals surface area contributed by atoms with Crippen molar-refractivity contribution in [3.8, 4) is 11.1 Å². The minimum absolute atomic E-state index is 0.0165. The van der Waals surface area contributed by atoms with E-state index >= 15 is 0 Å². The van der Waals surface area contributed by atoms with Gasteiger partial charge < -0.3 is 19.8 Å². The van der Waals surface area contributed by atoms with Crippen molar-refractivity contribution in [1.29, 1.82) is 0 Å². The zero-order valence-corrected chi connectivity index (χ0v) is 25.7. The molecule has 11 heteroatoms. The Bertz CT molecular complexity index is 1760. The number of benzene rings is 3. The van der Waals surface area contributed by atoms with Gasteiger partial charge in [0.25, 0.3) is 5.91 Å². The number of methoxy groups -OCH3 is 1. The summed E-state index contributed by atoms with van der Waals surface area (Å²) in [6.45, 7) is 8.82. The van der Waals surface area contributed by atoms with E-state index in [0.29, 0.717) is 27.9 Å². The molecule has 3 N–H and O–H groups in total. The van der Waals surface area contributed by atoms with Crippen molar-refractivity contribution in [3.05, 3.63) is 78.1 Å². The van der Waals surface area contributed by atoms with Gasteiger partial charge in [-0.1, -0.05) is 58.0 Å². The fraction of sp³-hybridized carbons (Fsp3) is 0.281. The summed E-state index contributed by atoms with van der Waals surface area (Å²) < 4.78 is 38.7. The second-order valence-electron chi connectivity index (χ2n) is 10.8. The fourth-order valence-corrected chi connectivity index (χ4v) is 5.81. The van der Waals surface area contributed by atoms with Crippen LogP contribution in [0.25, 0.3) is 22.1 Å². The largest absolute Gasteiger partial charge is 0.468 e. The maximum Gasteiger partial charge on any atom is 0.324 e. The molecule has 226 valence electrons. The standard InChI is InChI=1S/C32H35N3O7S/c1-18(2)28(32(38)41-6)35-43(39,40)24-16-12-22(13-17-24)21-10-14-23(15-11-21)33-31(37)29-20(5)27-25(34-30(36)19(3)4)8-7-9-26(27)42-29/h7-19,28,35H,1-6H3,(H,33,37)(H,34,36). The second-order valence-corrected chi connectivity index (χ2v) is 12.5. The van der Waals surface area contributed by atoms with E-state index in [9.17, 15) is 22.8 Å². The number of ether oxygens (including phenoxy) is 1. The number of nitrogens with one attached hydrogen (secondary N) is 3. The molecule has 4 aromatic rings. The number of anilines is 2. The number of fused-ring (bicyclic) bond motifs is 1. The molecule has 0 aliphatic heterocycles. The van der Waals surface area contributed by atoms with Gasteiger partial charge in [-0.2, -0.15) is 4.72 Å². The highest BCUT2D eigenvalue weighted by atomic mass is 32.2. The van der Waals surface area contributed by atoms with Crippen molar-refractivity contribution in [2.24, 2.45) is 11.8 Å². The zero-order valence-electron chi connectivity index (χ0n) is 24.8. The van der Waals surface area contributed by atoms with Gasteiger partial charge in [-0.15, -0.1) is 0 Å². The number of amides is 2. The molecule has 3 aromatic carbocycles. The fourth-order valence-electron chi connectivity index (χ4n) is 4.48. The molecule has 0 saturated carbocycles. The number of esters is 1. The molecule has 0 saturated heterocycles. The lowest BCUT2D eigenvalue weighted by molar-refractivity contribution is -0.143. The number of sulfonamides is 1. The summed E-state index contributed by atoms with van der Waals surface area (Å²) in [7, 11) is -2.75. The Labute approximate surface area is 250 Å². The summed E-state index contributed by atoms with van der Waals surface area (Å²) >= 11 is 0. The topological polar surface area (TPSA) is 144 Å². The number of furan rings is 1. The van der Waals surface area contributed by atoms with E-state index in [0.717, 1.165) is 11.1 Å². The maximum atomic E-state index is 13.1. The van der Waals surface area contributed by atoms with Crippen molar-refractivity contribution in [1.82, 2.24) is 4.72 Å². The molecule has 0 fully saturated rings. The van der Waals surface area contributed by atoms with E-state index in [1.54, 1.807) is 89.2 Å². The molecule has 1 atom stereocenters. The van der Waals surface area contributed by atoms with E-state index in [1.165, 1.54) is 19.2 Å². The molecule has 0 radical (unpaired) electrons. The van der Waals surface area contributed by atoms with E-state index in [1.807, 2.05) is 0 Å². The Morgan fingerprint density at radius 2 is 1.44 bits per heavy atom. The van der Waals surface area contributed by atoms with Crippen molar-refractivity contribution in [3.63, 3.8) is 0 Å². The second kappa shape index (κ2) is 12.8. The van der Waals surface area contributed by atoms with Gasteiger partial charge in [0.2, 0.25) is 15.9 Å². The van der Waals surface area contributed by atoms with E-state index in [4.69, 9.17) is 9.15 Å². The molecule has 1 aromatic heterocycles. The van der Waals surface area contributed by atoms with Crippen LogP contribution >= 0.6 is 0 Å². The Morgan fingerprint density at radius 3 is 2.00 bits per heavy atom. The van der Waals surface area contributed by atoms with Gasteiger partial charge >= 0.3 is 5.97 Å². The highest BCUT2D eigenvalue weighted by Crippen LogP contribution is 2.32. The molecule has 10 nitrogen and oxygen atoms in total. The van der Waals surface area contributed by atoms with E-state index in [2.05, 4.69) is 15.4 Å². The minimum Gasteiger partial charge on any atom is -0.468 e. The summed E-state index contributed by atoms with van der Waals surface area (Å²) in [5.41, 5.74) is 3.78. The van der Waals surface area contributed by atoms with Crippen molar-refractivity contribution in [2.45, 2.75) is 45.6 Å². The van der Waals surface area contributed by atoms with Crippen LogP contribution < -0.4 is 15.4 Å². The number of carbonyl (C=O) groups is 3. The Kier molecular flexibility index (Phi) is 9.37. The Hall–Kier alpha value is -4.48. The average molecular weight is 606 g/mol. The first-order chi connectivity index (χ1) is 20.3. The number of carbonyl (C=O) groups excluding carboxylic acids is 3. The van der Waals surface area contributed by atoms with Crippen molar-refractivity contribution in [2.75, 3.05) is 17.7 Å². The van der Waals surface area contributed by atoms with Gasteiger partial charge in [-0.25, -0.2) is 8.42 Å². The van der Waals surface area contributed by atoms with Crippen molar-refractivity contribution < 1.29 is 32.0 Å². The highest BCUT2D eigenvalue weighted by molar-refractivity contribution is 7.89. The monoisotopic (exact) mass is 605 g/mol. The van der Waals surface area contributed by atoms with Crippen LogP contribution in [-0.2, 0) is 24.3 Å². The van der Waals surface area contributed by atoms with Crippen LogP contribution in [0.3, 0.4) is 0 Å². The van der Waals surface area contributed by atoms with E-state index < -0.39 is 27.9 Å². The third kappa shape index (κ3) is 6.95. The zero-order chi connectivity index (χ0) is 31.5. The first kappa shape index (κ1) is 31.5. The van der Waals surface area contributed by atoms with Gasteiger partial charge in [0.1, 0.15) is 11.6 Å². The van der Waals surface area contributed by atoms with Gasteiger partial charge in [0.15, 0.2) is 5.76 Å². The predicted molar refractivity (Wildman–Crippen MR) is 165 cm³/mol. The van der Waals surface area contributed by atoms with Crippen molar-refractivity contribution >= 4 is 50.2 Å². The number of rotatable bonds is 10. The van der Waals surface area contributed by atoms with Crippen LogP contribution in [0.4, 0.5) is 11.4 Å². The summed E-state index contributed by atoms with van der Waals surface area (Å²) in [4.78, 5) is 37.4. The maximum absolute atomic E-state index is 13.1. The van der Waals surface area contributed by atoms with Crippen LogP contribution in [0, 0.1) is 18.8 Å². The van der Waals surface area contributed by atoms with Crippen LogP contribution in [0.15, 0.2) is 76.0 Å². The molecule has 1 unspecified atom stereocenters. The van der Waals surface area contributed by atoms with Crippen LogP contribution in [0.1, 0.15) is 43.8 Å². The number of aryl methyl sites for hydroxylation is 1. The Morgan fingerprint density at radius 1 is 0.837 bits per heavy atom. The molecule has 43 heavy (non-hydrogen) atoms. The third-order valence-electron chi connectivity index (χ3n) is 6.99. The first-order valence-corrected chi connectivity index (χ1v) is 15.3. The predicted octanol–water partition coefficient (Wildman–Crippen LogP) is 5.73. The third-order valence-corrected chi connectivity index (χ3v) is 8.44. The average Bonchev–Trinajstić information content (AvgIpc) is 3.33. The van der Waals surface area contributed by atoms with Crippen LogP contribution in [0.5, 0.6) is 0 Å². The van der Waals surface area contributed by atoms with Gasteiger partial charge in [0, 0.05) is 22.6 Å². The molecular formula is C32H35N3O7S. The molecule has 0 aliphatic rings. The van der Waals surface area contributed by atoms with E-state index in [-0.39, 0.29) is 28.4 Å². The smallest absolute Gasteiger partial charge is 0.324 e. The lowest BCUT2D eigenvalue weighted by atomic mass is 10.1. The van der Waals surface area contributed by atoms with Gasteiger partial charge in [-0.05, 0) is 60.4 Å². The molecule has 0 spiro atoms. The summed E-state index contributed by atoms with van der Waals surface area (Å²) in [5.74, 6) is -1.58. The summed E-state index contributed by atoms with van der Waals surface area (Å²) in [6, 6.07) is 17.6. The lowest BCUT2D eigenvalue weighted by Gasteiger charge is -2.19. The van der Waals surface area contributed by atoms with Crippen LogP contribution in [-0.4, -0.2) is 39.4 Å². The van der Waals surface area contributed by atoms with Gasteiger partial charge in [-0.3, -0.25) is 14.4 Å². The van der Waals surface area contributed by atoms with Crippen LogP contribution in [0.2, 0.25) is 0 Å². The Balaban J connectivity index is 1.48. The molecule has 1 heterocycles. The molecule has 4 rings (SSSR count). The SMILES string of the molecule is COC(=O)C(NS(=O)(=O)c1ccc(-c2ccc(NC(=O)c3oc4cccc(NC(=O)C(C)C)c4c3C)cc2)cc1)C(C)C. The number of hydrogen-bond acceptors (Lipinski definition) is 7. The molecular weight excluding hydrogens is 570 g/mol. The normalized spacial score (nSPS) is 12.4. The summed E-state index contributed by atoms with van der Waals surface area (Å²) in [5, 5.41) is 6.40. The minimum atomic E-state index is -3.96.